The van der Waals surface area contributed by atoms with E-state index in [4.69, 9.17) is 4.74 Å². The Labute approximate surface area is 115 Å². The average molecular weight is 266 g/mol. The maximum absolute atomic E-state index is 13.3. The van der Waals surface area contributed by atoms with Crippen LogP contribution in [0, 0.1) is 5.82 Å². The fraction of sp³-hybridized carbons (Fsp3) is 0.562. The van der Waals surface area contributed by atoms with Gasteiger partial charge in [0.25, 0.3) is 0 Å². The van der Waals surface area contributed by atoms with Crippen molar-refractivity contribution < 1.29 is 13.9 Å². The summed E-state index contributed by atoms with van der Waals surface area (Å²) in [6, 6.07) is 6.01. The SMILES string of the molecule is CCCCCCCCOCC(=O)c1ccccc1F. The third-order valence-corrected chi connectivity index (χ3v) is 3.05. The van der Waals surface area contributed by atoms with Gasteiger partial charge < -0.3 is 4.74 Å². The van der Waals surface area contributed by atoms with Crippen molar-refractivity contribution in [3.8, 4) is 0 Å². The Morgan fingerprint density at radius 1 is 1.11 bits per heavy atom. The van der Waals surface area contributed by atoms with E-state index in [2.05, 4.69) is 6.92 Å². The Morgan fingerprint density at radius 3 is 2.53 bits per heavy atom. The fourth-order valence-corrected chi connectivity index (χ4v) is 1.91. The lowest BCUT2D eigenvalue weighted by molar-refractivity contribution is 0.0748. The lowest BCUT2D eigenvalue weighted by Crippen LogP contribution is -2.11. The molecule has 0 radical (unpaired) electrons. The molecule has 1 rings (SSSR count). The number of benzene rings is 1. The van der Waals surface area contributed by atoms with Crippen LogP contribution in [0.25, 0.3) is 0 Å². The van der Waals surface area contributed by atoms with E-state index in [1.165, 1.54) is 37.8 Å². The van der Waals surface area contributed by atoms with Gasteiger partial charge in [0.15, 0.2) is 5.78 Å². The van der Waals surface area contributed by atoms with Crippen molar-refractivity contribution in [2.45, 2.75) is 45.4 Å². The van der Waals surface area contributed by atoms with Crippen LogP contribution in [0.3, 0.4) is 0 Å². The number of carbonyl (C=O) groups excluding carboxylic acids is 1. The minimum atomic E-state index is -0.476. The fourth-order valence-electron chi connectivity index (χ4n) is 1.91. The Hall–Kier alpha value is -1.22. The van der Waals surface area contributed by atoms with Gasteiger partial charge in [-0.1, -0.05) is 51.2 Å². The highest BCUT2D eigenvalue weighted by atomic mass is 19.1. The number of ether oxygens (including phenoxy) is 1. The van der Waals surface area contributed by atoms with Crippen molar-refractivity contribution in [3.05, 3.63) is 35.6 Å². The van der Waals surface area contributed by atoms with Gasteiger partial charge in [0.2, 0.25) is 0 Å². The number of hydrogen-bond acceptors (Lipinski definition) is 2. The van der Waals surface area contributed by atoms with E-state index in [-0.39, 0.29) is 18.0 Å². The molecule has 106 valence electrons. The van der Waals surface area contributed by atoms with Gasteiger partial charge in [-0.3, -0.25) is 4.79 Å². The van der Waals surface area contributed by atoms with Crippen LogP contribution in [-0.2, 0) is 4.74 Å². The molecule has 2 nitrogen and oxygen atoms in total. The molecule has 0 spiro atoms. The molecule has 19 heavy (non-hydrogen) atoms. The maximum atomic E-state index is 13.3. The standard InChI is InChI=1S/C16H23FO2/c1-2-3-4-5-6-9-12-19-13-16(18)14-10-7-8-11-15(14)17/h7-8,10-11H,2-6,9,12-13H2,1H3. The van der Waals surface area contributed by atoms with Crippen molar-refractivity contribution in [2.75, 3.05) is 13.2 Å². The number of halogens is 1. The second kappa shape index (κ2) is 9.68. The van der Waals surface area contributed by atoms with Gasteiger partial charge in [0.1, 0.15) is 12.4 Å². The van der Waals surface area contributed by atoms with Crippen molar-refractivity contribution >= 4 is 5.78 Å². The quantitative estimate of drug-likeness (QED) is 0.464. The lowest BCUT2D eigenvalue weighted by Gasteiger charge is -2.04. The summed E-state index contributed by atoms with van der Waals surface area (Å²) in [5.41, 5.74) is 0.116. The number of unbranched alkanes of at least 4 members (excludes halogenated alkanes) is 5. The van der Waals surface area contributed by atoms with Gasteiger partial charge in [-0.05, 0) is 18.6 Å². The predicted molar refractivity (Wildman–Crippen MR) is 74.9 cm³/mol. The molecule has 0 aliphatic carbocycles. The lowest BCUT2D eigenvalue weighted by atomic mass is 10.1. The van der Waals surface area contributed by atoms with Gasteiger partial charge >= 0.3 is 0 Å². The molecule has 1 aromatic carbocycles. The van der Waals surface area contributed by atoms with Crippen LogP contribution in [0.15, 0.2) is 24.3 Å². The van der Waals surface area contributed by atoms with Crippen LogP contribution in [0.2, 0.25) is 0 Å². The third kappa shape index (κ3) is 6.48. The Balaban J connectivity index is 2.10. The summed E-state index contributed by atoms with van der Waals surface area (Å²) in [5, 5.41) is 0. The first-order chi connectivity index (χ1) is 9.25. The van der Waals surface area contributed by atoms with E-state index >= 15 is 0 Å². The second-order valence-corrected chi connectivity index (χ2v) is 4.72. The average Bonchev–Trinajstić information content (AvgIpc) is 2.42. The molecule has 0 bridgehead atoms. The molecule has 0 saturated heterocycles. The molecular weight excluding hydrogens is 243 g/mol. The number of rotatable bonds is 10. The molecule has 1 aromatic rings. The largest absolute Gasteiger partial charge is 0.373 e. The number of ketones is 1. The van der Waals surface area contributed by atoms with E-state index in [0.29, 0.717) is 6.61 Å². The second-order valence-electron chi connectivity index (χ2n) is 4.72. The maximum Gasteiger partial charge on any atom is 0.191 e. The van der Waals surface area contributed by atoms with E-state index in [9.17, 15) is 9.18 Å². The summed E-state index contributed by atoms with van der Waals surface area (Å²) < 4.78 is 18.6. The van der Waals surface area contributed by atoms with Crippen molar-refractivity contribution in [1.29, 1.82) is 0 Å². The predicted octanol–water partition coefficient (Wildman–Crippen LogP) is 4.39. The highest BCUT2D eigenvalue weighted by Gasteiger charge is 2.10. The number of carbonyl (C=O) groups is 1. The van der Waals surface area contributed by atoms with Gasteiger partial charge in [0.05, 0.1) is 5.56 Å². The zero-order chi connectivity index (χ0) is 13.9. The summed E-state index contributed by atoms with van der Waals surface area (Å²) in [6.45, 7) is 2.74. The molecule has 0 atom stereocenters. The highest BCUT2D eigenvalue weighted by Crippen LogP contribution is 2.08. The molecule has 0 amide bonds. The first-order valence-corrected chi connectivity index (χ1v) is 7.11. The van der Waals surface area contributed by atoms with Crippen LogP contribution in [-0.4, -0.2) is 19.0 Å². The van der Waals surface area contributed by atoms with Gasteiger partial charge in [0, 0.05) is 6.61 Å². The van der Waals surface area contributed by atoms with E-state index in [0.717, 1.165) is 12.8 Å². The number of hydrogen-bond donors (Lipinski definition) is 0. The molecule has 0 unspecified atom stereocenters. The topological polar surface area (TPSA) is 26.3 Å². The monoisotopic (exact) mass is 266 g/mol. The van der Waals surface area contributed by atoms with Gasteiger partial charge in [-0.2, -0.15) is 0 Å². The Kier molecular flexibility index (Phi) is 8.07. The molecule has 0 fully saturated rings. The minimum absolute atomic E-state index is 0.0319. The highest BCUT2D eigenvalue weighted by molar-refractivity contribution is 5.97. The van der Waals surface area contributed by atoms with Crippen LogP contribution < -0.4 is 0 Å². The summed E-state index contributed by atoms with van der Waals surface area (Å²) in [7, 11) is 0. The Morgan fingerprint density at radius 2 is 1.79 bits per heavy atom. The zero-order valence-corrected chi connectivity index (χ0v) is 11.7. The third-order valence-electron chi connectivity index (χ3n) is 3.05. The van der Waals surface area contributed by atoms with E-state index in [1.807, 2.05) is 0 Å². The zero-order valence-electron chi connectivity index (χ0n) is 11.7. The number of Topliss-reactive ketones (excluding diaryl/α,β-unsaturated/α-hetero) is 1. The van der Waals surface area contributed by atoms with Crippen LogP contribution in [0.5, 0.6) is 0 Å². The molecule has 0 aromatic heterocycles. The normalized spacial score (nSPS) is 10.6. The van der Waals surface area contributed by atoms with Crippen LogP contribution in [0.4, 0.5) is 4.39 Å². The minimum Gasteiger partial charge on any atom is -0.373 e. The van der Waals surface area contributed by atoms with Gasteiger partial charge in [-0.25, -0.2) is 4.39 Å². The first-order valence-electron chi connectivity index (χ1n) is 7.11. The van der Waals surface area contributed by atoms with Crippen molar-refractivity contribution in [2.24, 2.45) is 0 Å². The smallest absolute Gasteiger partial charge is 0.191 e. The van der Waals surface area contributed by atoms with E-state index < -0.39 is 5.82 Å². The van der Waals surface area contributed by atoms with Gasteiger partial charge in [-0.15, -0.1) is 0 Å². The summed E-state index contributed by atoms with van der Waals surface area (Å²) >= 11 is 0. The molecule has 0 saturated carbocycles. The summed E-state index contributed by atoms with van der Waals surface area (Å²) in [5.74, 6) is -0.764. The first kappa shape index (κ1) is 15.8. The molecular formula is C16H23FO2. The van der Waals surface area contributed by atoms with Crippen LogP contribution >= 0.6 is 0 Å². The van der Waals surface area contributed by atoms with Crippen molar-refractivity contribution in [1.82, 2.24) is 0 Å². The molecule has 0 aliphatic heterocycles. The van der Waals surface area contributed by atoms with Crippen LogP contribution in [0.1, 0.15) is 55.8 Å². The molecule has 0 N–H and O–H groups in total. The molecule has 0 aliphatic rings. The Bertz CT molecular complexity index is 377. The summed E-state index contributed by atoms with van der Waals surface area (Å²) in [6.07, 6.45) is 7.12. The van der Waals surface area contributed by atoms with E-state index in [1.54, 1.807) is 12.1 Å². The molecule has 3 heteroatoms. The molecule has 0 heterocycles. The van der Waals surface area contributed by atoms with Crippen molar-refractivity contribution in [3.63, 3.8) is 0 Å². The summed E-state index contributed by atoms with van der Waals surface area (Å²) in [4.78, 5) is 11.7.